The summed E-state index contributed by atoms with van der Waals surface area (Å²) in [5, 5.41) is 0.609. The van der Waals surface area contributed by atoms with E-state index in [0.29, 0.717) is 17.0 Å². The molecule has 19 heavy (non-hydrogen) atoms. The third kappa shape index (κ3) is 2.97. The van der Waals surface area contributed by atoms with Crippen molar-refractivity contribution in [1.82, 2.24) is 9.97 Å². The van der Waals surface area contributed by atoms with Crippen LogP contribution < -0.4 is 0 Å². The molecule has 0 aliphatic heterocycles. The fraction of sp³-hybridized carbons (Fsp3) is 0.733. The first-order valence-corrected chi connectivity index (χ1v) is 8.65. The van der Waals surface area contributed by atoms with Gasteiger partial charge in [0.1, 0.15) is 11.0 Å². The standard InChI is InChI=1S/C15H20BrClN2/c16-12-13(10-6-4-5-7-10)18-15(19-14(12)17)11-8-2-1-3-9-11/h10-11H,1-9H2. The summed E-state index contributed by atoms with van der Waals surface area (Å²) in [7, 11) is 0. The van der Waals surface area contributed by atoms with Gasteiger partial charge >= 0.3 is 0 Å². The lowest BCUT2D eigenvalue weighted by atomic mass is 9.88. The average molecular weight is 344 g/mol. The molecule has 0 saturated heterocycles. The molecule has 0 atom stereocenters. The molecule has 1 heterocycles. The van der Waals surface area contributed by atoms with Crippen LogP contribution in [0.2, 0.25) is 5.15 Å². The fourth-order valence-electron chi connectivity index (χ4n) is 3.47. The van der Waals surface area contributed by atoms with Crippen molar-refractivity contribution < 1.29 is 0 Å². The monoisotopic (exact) mass is 342 g/mol. The molecule has 0 amide bonds. The van der Waals surface area contributed by atoms with E-state index in [0.717, 1.165) is 16.0 Å². The van der Waals surface area contributed by atoms with Crippen LogP contribution in [0.15, 0.2) is 4.47 Å². The molecule has 2 saturated carbocycles. The van der Waals surface area contributed by atoms with Gasteiger partial charge in [-0.15, -0.1) is 0 Å². The van der Waals surface area contributed by atoms with E-state index in [4.69, 9.17) is 16.6 Å². The van der Waals surface area contributed by atoms with Crippen molar-refractivity contribution in [2.24, 2.45) is 0 Å². The maximum Gasteiger partial charge on any atom is 0.147 e. The van der Waals surface area contributed by atoms with Gasteiger partial charge in [0.15, 0.2) is 0 Å². The molecular formula is C15H20BrClN2. The summed E-state index contributed by atoms with van der Waals surface area (Å²) in [6, 6.07) is 0. The summed E-state index contributed by atoms with van der Waals surface area (Å²) >= 11 is 9.91. The lowest BCUT2D eigenvalue weighted by molar-refractivity contribution is 0.426. The molecule has 0 unspecified atom stereocenters. The Labute approximate surface area is 128 Å². The van der Waals surface area contributed by atoms with Gasteiger partial charge in [0.25, 0.3) is 0 Å². The van der Waals surface area contributed by atoms with Crippen molar-refractivity contribution in [3.05, 3.63) is 21.1 Å². The zero-order chi connectivity index (χ0) is 13.2. The van der Waals surface area contributed by atoms with Crippen LogP contribution in [-0.4, -0.2) is 9.97 Å². The molecule has 1 aromatic heterocycles. The molecule has 2 fully saturated rings. The summed E-state index contributed by atoms with van der Waals surface area (Å²) < 4.78 is 0.931. The number of nitrogens with zero attached hydrogens (tertiary/aromatic N) is 2. The van der Waals surface area contributed by atoms with E-state index in [9.17, 15) is 0 Å². The number of aromatic nitrogens is 2. The fourth-order valence-corrected chi connectivity index (χ4v) is 4.15. The molecule has 4 heteroatoms. The first-order valence-electron chi connectivity index (χ1n) is 7.48. The van der Waals surface area contributed by atoms with Crippen LogP contribution in [0.25, 0.3) is 0 Å². The van der Waals surface area contributed by atoms with Gasteiger partial charge in [-0.2, -0.15) is 0 Å². The molecule has 0 bridgehead atoms. The largest absolute Gasteiger partial charge is 0.236 e. The minimum atomic E-state index is 0.527. The lowest BCUT2D eigenvalue weighted by Crippen LogP contribution is -2.12. The number of rotatable bonds is 2. The highest BCUT2D eigenvalue weighted by atomic mass is 79.9. The first kappa shape index (κ1) is 13.8. The molecule has 2 aliphatic rings. The van der Waals surface area contributed by atoms with Gasteiger partial charge in [0.2, 0.25) is 0 Å². The predicted octanol–water partition coefficient (Wildman–Crippen LogP) is 5.60. The zero-order valence-corrected chi connectivity index (χ0v) is 13.5. The van der Waals surface area contributed by atoms with E-state index in [1.54, 1.807) is 0 Å². The van der Waals surface area contributed by atoms with E-state index >= 15 is 0 Å². The molecule has 0 spiro atoms. The number of hydrogen-bond acceptors (Lipinski definition) is 2. The lowest BCUT2D eigenvalue weighted by Gasteiger charge is -2.22. The van der Waals surface area contributed by atoms with Crippen molar-refractivity contribution in [2.75, 3.05) is 0 Å². The molecular weight excluding hydrogens is 324 g/mol. The average Bonchev–Trinajstić information content (AvgIpc) is 2.96. The van der Waals surface area contributed by atoms with E-state index in [-0.39, 0.29) is 0 Å². The van der Waals surface area contributed by atoms with Gasteiger partial charge in [-0.3, -0.25) is 0 Å². The molecule has 104 valence electrons. The van der Waals surface area contributed by atoms with E-state index in [1.807, 2.05) is 0 Å². The molecule has 0 radical (unpaired) electrons. The highest BCUT2D eigenvalue weighted by Gasteiger charge is 2.26. The maximum absolute atomic E-state index is 6.32. The molecule has 2 nitrogen and oxygen atoms in total. The van der Waals surface area contributed by atoms with Crippen molar-refractivity contribution in [1.29, 1.82) is 0 Å². The Morgan fingerprint density at radius 2 is 1.42 bits per heavy atom. The van der Waals surface area contributed by atoms with Gasteiger partial charge < -0.3 is 0 Å². The summed E-state index contributed by atoms with van der Waals surface area (Å²) in [6.07, 6.45) is 11.5. The summed E-state index contributed by atoms with van der Waals surface area (Å²) in [5.74, 6) is 2.10. The Morgan fingerprint density at radius 3 is 2.11 bits per heavy atom. The van der Waals surface area contributed by atoms with Crippen molar-refractivity contribution in [3.63, 3.8) is 0 Å². The molecule has 0 aromatic carbocycles. The third-order valence-electron chi connectivity index (χ3n) is 4.57. The van der Waals surface area contributed by atoms with E-state index in [2.05, 4.69) is 20.9 Å². The topological polar surface area (TPSA) is 25.8 Å². The Hall–Kier alpha value is -0.150. The third-order valence-corrected chi connectivity index (χ3v) is 5.85. The van der Waals surface area contributed by atoms with E-state index in [1.165, 1.54) is 57.8 Å². The van der Waals surface area contributed by atoms with Crippen LogP contribution in [0, 0.1) is 0 Å². The Bertz CT molecular complexity index is 452. The smallest absolute Gasteiger partial charge is 0.147 e. The number of halogens is 2. The van der Waals surface area contributed by atoms with Crippen LogP contribution in [0.4, 0.5) is 0 Å². The van der Waals surface area contributed by atoms with Crippen molar-refractivity contribution in [2.45, 2.75) is 69.6 Å². The summed E-state index contributed by atoms with van der Waals surface area (Å²) in [6.45, 7) is 0. The highest BCUT2D eigenvalue weighted by Crippen LogP contribution is 2.40. The second kappa shape index (κ2) is 6.09. The van der Waals surface area contributed by atoms with Crippen molar-refractivity contribution >= 4 is 27.5 Å². The van der Waals surface area contributed by atoms with Gasteiger partial charge in [-0.25, -0.2) is 9.97 Å². The van der Waals surface area contributed by atoms with Crippen LogP contribution in [0.1, 0.15) is 81.1 Å². The van der Waals surface area contributed by atoms with Crippen molar-refractivity contribution in [3.8, 4) is 0 Å². The Morgan fingerprint density at radius 1 is 0.842 bits per heavy atom. The van der Waals surface area contributed by atoms with Gasteiger partial charge in [0, 0.05) is 11.8 Å². The molecule has 0 N–H and O–H groups in total. The first-order chi connectivity index (χ1) is 9.25. The van der Waals surface area contributed by atoms with Crippen LogP contribution in [-0.2, 0) is 0 Å². The molecule has 2 aliphatic carbocycles. The predicted molar refractivity (Wildman–Crippen MR) is 81.8 cm³/mol. The highest BCUT2D eigenvalue weighted by molar-refractivity contribution is 9.10. The normalized spacial score (nSPS) is 22.0. The van der Waals surface area contributed by atoms with Crippen LogP contribution in [0.5, 0.6) is 0 Å². The minimum Gasteiger partial charge on any atom is -0.236 e. The second-order valence-corrected chi connectivity index (χ2v) is 7.04. The van der Waals surface area contributed by atoms with Gasteiger partial charge in [0.05, 0.1) is 10.2 Å². The van der Waals surface area contributed by atoms with E-state index < -0.39 is 0 Å². The number of hydrogen-bond donors (Lipinski definition) is 0. The van der Waals surface area contributed by atoms with Crippen LogP contribution >= 0.6 is 27.5 Å². The maximum atomic E-state index is 6.32. The second-order valence-electron chi connectivity index (χ2n) is 5.89. The van der Waals surface area contributed by atoms with Crippen LogP contribution in [0.3, 0.4) is 0 Å². The van der Waals surface area contributed by atoms with Gasteiger partial charge in [-0.05, 0) is 41.6 Å². The minimum absolute atomic E-state index is 0.527. The quantitative estimate of drug-likeness (QED) is 0.653. The van der Waals surface area contributed by atoms with Gasteiger partial charge in [-0.1, -0.05) is 43.7 Å². The molecule has 3 rings (SSSR count). The molecule has 1 aromatic rings. The summed E-state index contributed by atoms with van der Waals surface area (Å²) in [5.41, 5.74) is 1.16. The summed E-state index contributed by atoms with van der Waals surface area (Å²) in [4.78, 5) is 9.43. The Kier molecular flexibility index (Phi) is 4.43. The SMILES string of the molecule is Clc1nc(C2CCCCC2)nc(C2CCCC2)c1Br. The zero-order valence-electron chi connectivity index (χ0n) is 11.2. The Balaban J connectivity index is 1.92.